The number of nitrogens with zero attached hydrogens (tertiary/aromatic N) is 3. The maximum atomic E-state index is 13.3. The fourth-order valence-corrected chi connectivity index (χ4v) is 4.26. The molecule has 3 aromatic rings. The van der Waals surface area contributed by atoms with Crippen LogP contribution in [0, 0.1) is 11.7 Å². The lowest BCUT2D eigenvalue weighted by Crippen LogP contribution is -2.41. The standard InChI is InChI=1S/C23H22FN5O4S/c1-33-18-7-5-16(6-8-18)25-20(31)21-27-28-22(34-21)23(32)29-11-9-14(10-12-29)19(30)26-17-4-2-3-15(24)13-17/h2-8,13-14H,9-12H2,1H3,(H,25,31)(H,26,30). The maximum Gasteiger partial charge on any atom is 0.286 e. The molecule has 1 saturated heterocycles. The molecule has 1 aromatic heterocycles. The molecule has 176 valence electrons. The van der Waals surface area contributed by atoms with Gasteiger partial charge >= 0.3 is 0 Å². The van der Waals surface area contributed by atoms with Crippen molar-refractivity contribution in [2.45, 2.75) is 12.8 Å². The highest BCUT2D eigenvalue weighted by Gasteiger charge is 2.30. The summed E-state index contributed by atoms with van der Waals surface area (Å²) in [6.07, 6.45) is 0.938. The van der Waals surface area contributed by atoms with Crippen molar-refractivity contribution in [2.24, 2.45) is 5.92 Å². The summed E-state index contributed by atoms with van der Waals surface area (Å²) in [6.45, 7) is 0.736. The average molecular weight is 484 g/mol. The van der Waals surface area contributed by atoms with Crippen molar-refractivity contribution >= 4 is 40.4 Å². The van der Waals surface area contributed by atoms with Gasteiger partial charge in [-0.25, -0.2) is 4.39 Å². The van der Waals surface area contributed by atoms with E-state index in [1.807, 2.05) is 0 Å². The van der Waals surface area contributed by atoms with Gasteiger partial charge in [-0.1, -0.05) is 17.4 Å². The number of amides is 3. The van der Waals surface area contributed by atoms with Crippen LogP contribution in [0.4, 0.5) is 15.8 Å². The third-order valence-electron chi connectivity index (χ3n) is 5.40. The SMILES string of the molecule is COc1ccc(NC(=O)c2nnc(C(=O)N3CCC(C(=O)Nc4cccc(F)c4)CC3)s2)cc1. The molecule has 2 aromatic carbocycles. The van der Waals surface area contributed by atoms with E-state index in [4.69, 9.17) is 4.74 Å². The van der Waals surface area contributed by atoms with Gasteiger partial charge in [-0.2, -0.15) is 0 Å². The third-order valence-corrected chi connectivity index (χ3v) is 6.31. The topological polar surface area (TPSA) is 114 Å². The van der Waals surface area contributed by atoms with Crippen molar-refractivity contribution in [1.29, 1.82) is 0 Å². The number of likely N-dealkylation sites (tertiary alicyclic amines) is 1. The summed E-state index contributed by atoms with van der Waals surface area (Å²) in [6, 6.07) is 12.5. The normalized spacial score (nSPS) is 13.9. The molecule has 9 nitrogen and oxygen atoms in total. The Kier molecular flexibility index (Phi) is 7.12. The van der Waals surface area contributed by atoms with E-state index < -0.39 is 11.7 Å². The zero-order chi connectivity index (χ0) is 24.1. The number of ether oxygens (including phenoxy) is 1. The molecular weight excluding hydrogens is 461 g/mol. The first-order chi connectivity index (χ1) is 16.4. The Bertz CT molecular complexity index is 1190. The van der Waals surface area contributed by atoms with Gasteiger partial charge in [0.1, 0.15) is 11.6 Å². The van der Waals surface area contributed by atoms with Crippen LogP contribution in [0.15, 0.2) is 48.5 Å². The Morgan fingerprint density at radius 2 is 1.71 bits per heavy atom. The molecule has 0 atom stereocenters. The number of carbonyl (C=O) groups is 3. The summed E-state index contributed by atoms with van der Waals surface area (Å²) in [7, 11) is 1.55. The smallest absolute Gasteiger partial charge is 0.286 e. The number of aromatic nitrogens is 2. The molecule has 1 fully saturated rings. The Morgan fingerprint density at radius 3 is 2.38 bits per heavy atom. The van der Waals surface area contributed by atoms with E-state index in [0.29, 0.717) is 43.1 Å². The predicted octanol–water partition coefficient (Wildman–Crippen LogP) is 3.43. The van der Waals surface area contributed by atoms with Crippen LogP contribution in [0.5, 0.6) is 5.75 Å². The van der Waals surface area contributed by atoms with Crippen LogP contribution in [-0.2, 0) is 4.79 Å². The minimum Gasteiger partial charge on any atom is -0.497 e. The lowest BCUT2D eigenvalue weighted by atomic mass is 9.95. The number of rotatable bonds is 6. The molecule has 3 amide bonds. The number of methoxy groups -OCH3 is 1. The van der Waals surface area contributed by atoms with E-state index in [-0.39, 0.29) is 27.7 Å². The quantitative estimate of drug-likeness (QED) is 0.555. The molecule has 1 aliphatic rings. The molecule has 2 heterocycles. The van der Waals surface area contributed by atoms with Crippen LogP contribution < -0.4 is 15.4 Å². The monoisotopic (exact) mass is 483 g/mol. The Labute approximate surface area is 198 Å². The number of benzene rings is 2. The first kappa shape index (κ1) is 23.3. The lowest BCUT2D eigenvalue weighted by Gasteiger charge is -2.30. The molecule has 0 radical (unpaired) electrons. The maximum absolute atomic E-state index is 13.3. The molecule has 0 bridgehead atoms. The summed E-state index contributed by atoms with van der Waals surface area (Å²) in [4.78, 5) is 39.3. The zero-order valence-corrected chi connectivity index (χ0v) is 19.1. The molecule has 11 heteroatoms. The van der Waals surface area contributed by atoms with Crippen molar-refractivity contribution < 1.29 is 23.5 Å². The number of nitrogens with one attached hydrogen (secondary N) is 2. The predicted molar refractivity (Wildman–Crippen MR) is 125 cm³/mol. The summed E-state index contributed by atoms with van der Waals surface area (Å²) < 4.78 is 18.4. The van der Waals surface area contributed by atoms with Gasteiger partial charge in [-0.15, -0.1) is 10.2 Å². The fourth-order valence-electron chi connectivity index (χ4n) is 3.55. The van der Waals surface area contributed by atoms with Crippen LogP contribution in [0.2, 0.25) is 0 Å². The highest BCUT2D eigenvalue weighted by molar-refractivity contribution is 7.15. The molecule has 34 heavy (non-hydrogen) atoms. The van der Waals surface area contributed by atoms with E-state index in [0.717, 1.165) is 11.3 Å². The third kappa shape index (κ3) is 5.54. The molecule has 4 rings (SSSR count). The van der Waals surface area contributed by atoms with Gasteiger partial charge in [0.05, 0.1) is 7.11 Å². The van der Waals surface area contributed by atoms with Crippen molar-refractivity contribution in [1.82, 2.24) is 15.1 Å². The highest BCUT2D eigenvalue weighted by atomic mass is 32.1. The van der Waals surface area contributed by atoms with Crippen LogP contribution in [-0.4, -0.2) is 53.0 Å². The molecule has 0 aliphatic carbocycles. The highest BCUT2D eigenvalue weighted by Crippen LogP contribution is 2.23. The number of piperidine rings is 1. The van der Waals surface area contributed by atoms with Crippen LogP contribution >= 0.6 is 11.3 Å². The van der Waals surface area contributed by atoms with Crippen molar-refractivity contribution in [3.63, 3.8) is 0 Å². The van der Waals surface area contributed by atoms with Crippen molar-refractivity contribution in [3.05, 3.63) is 64.4 Å². The first-order valence-corrected chi connectivity index (χ1v) is 11.4. The average Bonchev–Trinajstić information content (AvgIpc) is 3.35. The van der Waals surface area contributed by atoms with Gasteiger partial charge in [0.25, 0.3) is 11.8 Å². The second-order valence-electron chi connectivity index (χ2n) is 7.66. The zero-order valence-electron chi connectivity index (χ0n) is 18.3. The Morgan fingerprint density at radius 1 is 1.00 bits per heavy atom. The number of halogens is 1. The first-order valence-electron chi connectivity index (χ1n) is 10.6. The van der Waals surface area contributed by atoms with E-state index >= 15 is 0 Å². The van der Waals surface area contributed by atoms with Crippen LogP contribution in [0.25, 0.3) is 0 Å². The molecule has 1 aliphatic heterocycles. The van der Waals surface area contributed by atoms with E-state index in [2.05, 4.69) is 20.8 Å². The summed E-state index contributed by atoms with van der Waals surface area (Å²) in [5, 5.41) is 13.3. The largest absolute Gasteiger partial charge is 0.497 e. The second-order valence-corrected chi connectivity index (χ2v) is 8.64. The van der Waals surface area contributed by atoms with Crippen LogP contribution in [0.1, 0.15) is 32.4 Å². The summed E-state index contributed by atoms with van der Waals surface area (Å²) in [5.74, 6) is -1.04. The Balaban J connectivity index is 1.30. The summed E-state index contributed by atoms with van der Waals surface area (Å²) >= 11 is 0.915. The number of carbonyl (C=O) groups excluding carboxylic acids is 3. The molecule has 0 saturated carbocycles. The number of hydrogen-bond donors (Lipinski definition) is 2. The van der Waals surface area contributed by atoms with Crippen molar-refractivity contribution in [2.75, 3.05) is 30.8 Å². The van der Waals surface area contributed by atoms with Gasteiger partial charge in [0.2, 0.25) is 15.9 Å². The lowest BCUT2D eigenvalue weighted by molar-refractivity contribution is -0.121. The van der Waals surface area contributed by atoms with Crippen molar-refractivity contribution in [3.8, 4) is 5.75 Å². The second kappa shape index (κ2) is 10.4. The minimum atomic E-state index is -0.463. The minimum absolute atomic E-state index is 0.0727. The van der Waals surface area contributed by atoms with Gasteiger partial charge < -0.3 is 20.3 Å². The number of anilines is 2. The molecule has 0 unspecified atom stereocenters. The fraction of sp³-hybridized carbons (Fsp3) is 0.261. The molecule has 0 spiro atoms. The summed E-state index contributed by atoms with van der Waals surface area (Å²) in [5.41, 5.74) is 0.963. The van der Waals surface area contributed by atoms with Crippen LogP contribution in [0.3, 0.4) is 0 Å². The molecule has 2 N–H and O–H groups in total. The van der Waals surface area contributed by atoms with Gasteiger partial charge in [-0.3, -0.25) is 14.4 Å². The molecular formula is C23H22FN5O4S. The van der Waals surface area contributed by atoms with E-state index in [1.165, 1.54) is 18.2 Å². The van der Waals surface area contributed by atoms with Gasteiger partial charge in [-0.05, 0) is 55.3 Å². The number of hydrogen-bond acceptors (Lipinski definition) is 7. The van der Waals surface area contributed by atoms with E-state index in [1.54, 1.807) is 42.3 Å². The Hall–Kier alpha value is -3.86. The van der Waals surface area contributed by atoms with E-state index in [9.17, 15) is 18.8 Å². The van der Waals surface area contributed by atoms with Gasteiger partial charge in [0.15, 0.2) is 0 Å². The van der Waals surface area contributed by atoms with Gasteiger partial charge in [0, 0.05) is 30.4 Å².